The molecule has 2 rings (SSSR count). The van der Waals surface area contributed by atoms with Crippen LogP contribution in [0.5, 0.6) is 5.75 Å². The Labute approximate surface area is 119 Å². The number of halogens is 1. The van der Waals surface area contributed by atoms with Crippen molar-refractivity contribution < 1.29 is 4.74 Å². The summed E-state index contributed by atoms with van der Waals surface area (Å²) in [6.07, 6.45) is 1.13. The van der Waals surface area contributed by atoms with Crippen LogP contribution in [0.4, 0.5) is 0 Å². The monoisotopic (exact) mass is 277 g/mol. The van der Waals surface area contributed by atoms with E-state index in [2.05, 4.69) is 19.2 Å². The fraction of sp³-hybridized carbons (Fsp3) is 0.375. The highest BCUT2D eigenvalue weighted by atomic mass is 35.5. The Hall–Kier alpha value is -1.25. The molecule has 0 aromatic heterocycles. The topological polar surface area (TPSA) is 21.3 Å². The SMILES string of the molecule is CCC(C)NCCOc1ccc(Cl)c2ccccc12. The van der Waals surface area contributed by atoms with Crippen LogP contribution in [0.25, 0.3) is 10.8 Å². The van der Waals surface area contributed by atoms with Gasteiger partial charge in [-0.1, -0.05) is 42.8 Å². The molecular formula is C16H20ClNO. The molecule has 0 saturated heterocycles. The zero-order valence-corrected chi connectivity index (χ0v) is 12.2. The molecule has 0 saturated carbocycles. The lowest BCUT2D eigenvalue weighted by Gasteiger charge is -2.13. The standard InChI is InChI=1S/C16H20ClNO/c1-3-12(2)18-10-11-19-16-9-8-15(17)13-6-4-5-7-14(13)16/h4-9,12,18H,3,10-11H2,1-2H3. The molecule has 0 radical (unpaired) electrons. The van der Waals surface area contributed by atoms with Crippen LogP contribution < -0.4 is 10.1 Å². The average molecular weight is 278 g/mol. The van der Waals surface area contributed by atoms with Gasteiger partial charge < -0.3 is 10.1 Å². The Morgan fingerprint density at radius 1 is 1.16 bits per heavy atom. The van der Waals surface area contributed by atoms with Crippen LogP contribution >= 0.6 is 11.6 Å². The number of ether oxygens (including phenoxy) is 1. The Kier molecular flexibility index (Phi) is 5.06. The maximum atomic E-state index is 6.18. The summed E-state index contributed by atoms with van der Waals surface area (Å²) in [5, 5.41) is 6.28. The third-order valence-electron chi connectivity index (χ3n) is 3.30. The van der Waals surface area contributed by atoms with Gasteiger partial charge in [0, 0.05) is 28.4 Å². The molecule has 0 fully saturated rings. The number of nitrogens with one attached hydrogen (secondary N) is 1. The predicted molar refractivity (Wildman–Crippen MR) is 82.2 cm³/mol. The highest BCUT2D eigenvalue weighted by molar-refractivity contribution is 6.35. The van der Waals surface area contributed by atoms with Crippen molar-refractivity contribution in [3.05, 3.63) is 41.4 Å². The highest BCUT2D eigenvalue weighted by Gasteiger charge is 2.05. The van der Waals surface area contributed by atoms with Crippen LogP contribution in [-0.2, 0) is 0 Å². The fourth-order valence-electron chi connectivity index (χ4n) is 1.97. The van der Waals surface area contributed by atoms with Gasteiger partial charge in [-0.2, -0.15) is 0 Å². The van der Waals surface area contributed by atoms with E-state index in [1.807, 2.05) is 36.4 Å². The highest BCUT2D eigenvalue weighted by Crippen LogP contribution is 2.31. The summed E-state index contributed by atoms with van der Waals surface area (Å²) in [5.41, 5.74) is 0. The van der Waals surface area contributed by atoms with Crippen molar-refractivity contribution in [2.24, 2.45) is 0 Å². The van der Waals surface area contributed by atoms with E-state index < -0.39 is 0 Å². The molecule has 0 aliphatic carbocycles. The molecule has 0 bridgehead atoms. The molecule has 2 aromatic rings. The average Bonchev–Trinajstić information content (AvgIpc) is 2.45. The van der Waals surface area contributed by atoms with Gasteiger partial charge in [-0.05, 0) is 25.5 Å². The third kappa shape index (κ3) is 3.62. The predicted octanol–water partition coefficient (Wildman–Crippen LogP) is 4.26. The lowest BCUT2D eigenvalue weighted by molar-refractivity contribution is 0.309. The molecule has 0 heterocycles. The minimum atomic E-state index is 0.533. The van der Waals surface area contributed by atoms with Crippen LogP contribution in [0.3, 0.4) is 0 Å². The molecular weight excluding hydrogens is 258 g/mol. The van der Waals surface area contributed by atoms with Crippen LogP contribution in [0, 0.1) is 0 Å². The molecule has 0 spiro atoms. The first-order valence-electron chi connectivity index (χ1n) is 6.75. The number of fused-ring (bicyclic) bond motifs is 1. The minimum absolute atomic E-state index is 0.533. The summed E-state index contributed by atoms with van der Waals surface area (Å²) < 4.78 is 5.85. The fourth-order valence-corrected chi connectivity index (χ4v) is 2.20. The van der Waals surface area contributed by atoms with Crippen LogP contribution in [0.15, 0.2) is 36.4 Å². The maximum absolute atomic E-state index is 6.18. The van der Waals surface area contributed by atoms with Crippen LogP contribution in [-0.4, -0.2) is 19.2 Å². The smallest absolute Gasteiger partial charge is 0.127 e. The Morgan fingerprint density at radius 3 is 2.63 bits per heavy atom. The van der Waals surface area contributed by atoms with Crippen molar-refractivity contribution in [1.29, 1.82) is 0 Å². The van der Waals surface area contributed by atoms with E-state index in [1.54, 1.807) is 0 Å². The van der Waals surface area contributed by atoms with E-state index >= 15 is 0 Å². The van der Waals surface area contributed by atoms with Gasteiger partial charge in [-0.15, -0.1) is 0 Å². The summed E-state index contributed by atoms with van der Waals surface area (Å²) in [4.78, 5) is 0. The zero-order chi connectivity index (χ0) is 13.7. The Balaban J connectivity index is 2.03. The van der Waals surface area contributed by atoms with E-state index in [-0.39, 0.29) is 0 Å². The molecule has 2 nitrogen and oxygen atoms in total. The first-order chi connectivity index (χ1) is 9.22. The Bertz CT molecular complexity index is 541. The maximum Gasteiger partial charge on any atom is 0.127 e. The van der Waals surface area contributed by atoms with Crippen LogP contribution in [0.1, 0.15) is 20.3 Å². The third-order valence-corrected chi connectivity index (χ3v) is 3.63. The first-order valence-corrected chi connectivity index (χ1v) is 7.13. The second kappa shape index (κ2) is 6.78. The van der Waals surface area contributed by atoms with Gasteiger partial charge in [-0.25, -0.2) is 0 Å². The second-order valence-corrected chi connectivity index (χ2v) is 5.11. The molecule has 102 valence electrons. The number of hydrogen-bond acceptors (Lipinski definition) is 2. The first kappa shape index (κ1) is 14.2. The van der Waals surface area contributed by atoms with E-state index in [0.29, 0.717) is 12.6 Å². The molecule has 2 aromatic carbocycles. The van der Waals surface area contributed by atoms with Gasteiger partial charge in [0.2, 0.25) is 0 Å². The van der Waals surface area contributed by atoms with E-state index in [0.717, 1.165) is 34.5 Å². The van der Waals surface area contributed by atoms with Crippen molar-refractivity contribution in [1.82, 2.24) is 5.32 Å². The van der Waals surface area contributed by atoms with Gasteiger partial charge in [0.05, 0.1) is 0 Å². The zero-order valence-electron chi connectivity index (χ0n) is 11.4. The second-order valence-electron chi connectivity index (χ2n) is 4.70. The van der Waals surface area contributed by atoms with E-state index in [4.69, 9.17) is 16.3 Å². The molecule has 3 heteroatoms. The van der Waals surface area contributed by atoms with Crippen LogP contribution in [0.2, 0.25) is 5.02 Å². The molecule has 1 atom stereocenters. The lowest BCUT2D eigenvalue weighted by atomic mass is 10.1. The summed E-state index contributed by atoms with van der Waals surface area (Å²) in [7, 11) is 0. The molecule has 1 N–H and O–H groups in total. The van der Waals surface area contributed by atoms with Gasteiger partial charge in [0.25, 0.3) is 0 Å². The van der Waals surface area contributed by atoms with Crippen molar-refractivity contribution in [2.75, 3.05) is 13.2 Å². The van der Waals surface area contributed by atoms with E-state index in [1.165, 1.54) is 0 Å². The quantitative estimate of drug-likeness (QED) is 0.797. The number of rotatable bonds is 6. The van der Waals surface area contributed by atoms with Crippen molar-refractivity contribution in [3.8, 4) is 5.75 Å². The summed E-state index contributed by atoms with van der Waals surface area (Å²) in [5.74, 6) is 0.894. The lowest BCUT2D eigenvalue weighted by Crippen LogP contribution is -2.29. The molecule has 0 aliphatic rings. The largest absolute Gasteiger partial charge is 0.492 e. The van der Waals surface area contributed by atoms with Gasteiger partial charge in [-0.3, -0.25) is 0 Å². The van der Waals surface area contributed by atoms with Crippen molar-refractivity contribution in [2.45, 2.75) is 26.3 Å². The van der Waals surface area contributed by atoms with Crippen molar-refractivity contribution >= 4 is 22.4 Å². The molecule has 19 heavy (non-hydrogen) atoms. The number of hydrogen-bond donors (Lipinski definition) is 1. The summed E-state index contributed by atoms with van der Waals surface area (Å²) >= 11 is 6.18. The van der Waals surface area contributed by atoms with Crippen molar-refractivity contribution in [3.63, 3.8) is 0 Å². The minimum Gasteiger partial charge on any atom is -0.492 e. The normalized spacial score (nSPS) is 12.6. The number of benzene rings is 2. The molecule has 0 amide bonds. The van der Waals surface area contributed by atoms with Gasteiger partial charge in [0.15, 0.2) is 0 Å². The summed E-state index contributed by atoms with van der Waals surface area (Å²) in [6, 6.07) is 12.4. The van der Waals surface area contributed by atoms with Gasteiger partial charge in [0.1, 0.15) is 12.4 Å². The van der Waals surface area contributed by atoms with Gasteiger partial charge >= 0.3 is 0 Å². The molecule has 0 aliphatic heterocycles. The molecule has 1 unspecified atom stereocenters. The van der Waals surface area contributed by atoms with E-state index in [9.17, 15) is 0 Å². The Morgan fingerprint density at radius 2 is 1.89 bits per heavy atom. The summed E-state index contributed by atoms with van der Waals surface area (Å²) in [6.45, 7) is 5.87.